The lowest BCUT2D eigenvalue weighted by Crippen LogP contribution is -2.34. The molecule has 16 heavy (non-hydrogen) atoms. The predicted molar refractivity (Wildman–Crippen MR) is 63.0 cm³/mol. The van der Waals surface area contributed by atoms with Crippen LogP contribution in [-0.2, 0) is 0 Å². The Labute approximate surface area is 97.4 Å². The normalized spacial score (nSPS) is 18.6. The molecule has 96 valence electrons. The third-order valence-electron chi connectivity index (χ3n) is 3.20. The van der Waals surface area contributed by atoms with E-state index >= 15 is 0 Å². The number of hydrogen-bond acceptors (Lipinski definition) is 2. The smallest absolute Gasteiger partial charge is 0.251 e. The quantitative estimate of drug-likeness (QED) is 0.681. The van der Waals surface area contributed by atoms with Crippen LogP contribution >= 0.6 is 0 Å². The molecule has 1 aliphatic rings. The molecule has 0 heterocycles. The van der Waals surface area contributed by atoms with Crippen molar-refractivity contribution in [2.75, 3.05) is 26.7 Å². The molecule has 1 aliphatic carbocycles. The molecule has 0 aliphatic heterocycles. The number of nitrogens with one attached hydrogen (secondary N) is 1. The number of hydrogen-bond donors (Lipinski definition) is 1. The maximum Gasteiger partial charge on any atom is 0.251 e. The minimum atomic E-state index is -2.21. The first-order valence-corrected chi connectivity index (χ1v) is 6.38. The monoisotopic (exact) mass is 234 g/mol. The summed E-state index contributed by atoms with van der Waals surface area (Å²) in [4.78, 5) is 1.70. The summed E-state index contributed by atoms with van der Waals surface area (Å²) in [5.74, 6) is 0. The first-order valence-electron chi connectivity index (χ1n) is 6.38. The summed E-state index contributed by atoms with van der Waals surface area (Å²) in [5, 5.41) is 3.52. The topological polar surface area (TPSA) is 15.3 Å². The second-order valence-electron chi connectivity index (χ2n) is 4.80. The maximum absolute atomic E-state index is 12.0. The summed E-state index contributed by atoms with van der Waals surface area (Å²) in [6.07, 6.45) is 5.36. The highest BCUT2D eigenvalue weighted by Crippen LogP contribution is 2.17. The summed E-state index contributed by atoms with van der Waals surface area (Å²) >= 11 is 0. The van der Waals surface area contributed by atoms with Crippen LogP contribution in [0.4, 0.5) is 8.78 Å². The zero-order valence-corrected chi connectivity index (χ0v) is 10.2. The van der Waals surface area contributed by atoms with E-state index in [0.717, 1.165) is 19.5 Å². The minimum Gasteiger partial charge on any atom is -0.314 e. The van der Waals surface area contributed by atoms with Crippen molar-refractivity contribution in [3.63, 3.8) is 0 Å². The van der Waals surface area contributed by atoms with E-state index in [9.17, 15) is 8.78 Å². The molecule has 0 aromatic carbocycles. The van der Waals surface area contributed by atoms with Crippen LogP contribution < -0.4 is 5.32 Å². The van der Waals surface area contributed by atoms with Crippen LogP contribution in [0.2, 0.25) is 0 Å². The van der Waals surface area contributed by atoms with E-state index in [4.69, 9.17) is 0 Å². The average molecular weight is 234 g/mol. The predicted octanol–water partition coefficient (Wildman–Crippen LogP) is 2.50. The van der Waals surface area contributed by atoms with E-state index in [2.05, 4.69) is 5.32 Å². The van der Waals surface area contributed by atoms with Gasteiger partial charge in [0, 0.05) is 6.04 Å². The highest BCUT2D eigenvalue weighted by molar-refractivity contribution is 4.71. The summed E-state index contributed by atoms with van der Waals surface area (Å²) in [6, 6.07) is 0.675. The molecular formula is C12H24F2N2. The first-order chi connectivity index (χ1) is 7.68. The molecular weight excluding hydrogens is 210 g/mol. The van der Waals surface area contributed by atoms with Crippen molar-refractivity contribution in [1.82, 2.24) is 10.2 Å². The van der Waals surface area contributed by atoms with E-state index in [1.165, 1.54) is 32.1 Å². The van der Waals surface area contributed by atoms with Gasteiger partial charge in [-0.15, -0.1) is 0 Å². The van der Waals surface area contributed by atoms with E-state index in [-0.39, 0.29) is 6.54 Å². The van der Waals surface area contributed by atoms with Gasteiger partial charge in [0.1, 0.15) is 0 Å². The highest BCUT2D eigenvalue weighted by atomic mass is 19.3. The zero-order valence-electron chi connectivity index (χ0n) is 10.2. The number of nitrogens with zero attached hydrogens (tertiary/aromatic N) is 1. The van der Waals surface area contributed by atoms with Crippen LogP contribution in [0.3, 0.4) is 0 Å². The SMILES string of the molecule is CN(CCCNC1CCCCC1)CC(F)F. The van der Waals surface area contributed by atoms with Gasteiger partial charge in [0.25, 0.3) is 6.43 Å². The van der Waals surface area contributed by atoms with Gasteiger partial charge in [0.05, 0.1) is 6.54 Å². The van der Waals surface area contributed by atoms with E-state index in [1.54, 1.807) is 11.9 Å². The largest absolute Gasteiger partial charge is 0.314 e. The van der Waals surface area contributed by atoms with Gasteiger partial charge in [0.15, 0.2) is 0 Å². The van der Waals surface area contributed by atoms with Crippen molar-refractivity contribution in [1.29, 1.82) is 0 Å². The van der Waals surface area contributed by atoms with Crippen LogP contribution in [-0.4, -0.2) is 44.0 Å². The fraction of sp³-hybridized carbons (Fsp3) is 1.00. The van der Waals surface area contributed by atoms with Crippen molar-refractivity contribution < 1.29 is 8.78 Å². The molecule has 0 saturated heterocycles. The molecule has 1 fully saturated rings. The van der Waals surface area contributed by atoms with Gasteiger partial charge in [0.2, 0.25) is 0 Å². The van der Waals surface area contributed by atoms with Gasteiger partial charge in [-0.3, -0.25) is 0 Å². The number of halogens is 2. The average Bonchev–Trinajstić information content (AvgIpc) is 2.25. The Kier molecular flexibility index (Phi) is 6.88. The molecule has 0 aromatic heterocycles. The molecule has 4 heteroatoms. The molecule has 0 atom stereocenters. The first kappa shape index (κ1) is 13.8. The molecule has 2 nitrogen and oxygen atoms in total. The lowest BCUT2D eigenvalue weighted by atomic mass is 9.95. The Bertz CT molecular complexity index is 170. The third-order valence-corrected chi connectivity index (χ3v) is 3.20. The molecule has 0 aromatic rings. The van der Waals surface area contributed by atoms with Crippen molar-refractivity contribution in [3.8, 4) is 0 Å². The lowest BCUT2D eigenvalue weighted by Gasteiger charge is -2.23. The molecule has 1 N–H and O–H groups in total. The van der Waals surface area contributed by atoms with Crippen LogP contribution in [0.25, 0.3) is 0 Å². The summed E-state index contributed by atoms with van der Waals surface area (Å²) in [7, 11) is 1.76. The Morgan fingerprint density at radius 2 is 1.94 bits per heavy atom. The van der Waals surface area contributed by atoms with Gasteiger partial charge in [-0.05, 0) is 39.4 Å². The van der Waals surface area contributed by atoms with Gasteiger partial charge < -0.3 is 10.2 Å². The Hall–Kier alpha value is -0.220. The molecule has 1 saturated carbocycles. The van der Waals surface area contributed by atoms with Crippen LogP contribution in [0.15, 0.2) is 0 Å². The van der Waals surface area contributed by atoms with E-state index in [0.29, 0.717) is 6.04 Å². The van der Waals surface area contributed by atoms with Crippen LogP contribution in [0.1, 0.15) is 38.5 Å². The van der Waals surface area contributed by atoms with Gasteiger partial charge in [-0.2, -0.15) is 0 Å². The fourth-order valence-corrected chi connectivity index (χ4v) is 2.29. The second kappa shape index (κ2) is 7.96. The summed E-state index contributed by atoms with van der Waals surface area (Å²) < 4.78 is 24.1. The Morgan fingerprint density at radius 1 is 1.25 bits per heavy atom. The summed E-state index contributed by atoms with van der Waals surface area (Å²) in [5.41, 5.74) is 0. The van der Waals surface area contributed by atoms with Crippen molar-refractivity contribution in [2.45, 2.75) is 51.0 Å². The van der Waals surface area contributed by atoms with Crippen molar-refractivity contribution >= 4 is 0 Å². The van der Waals surface area contributed by atoms with Crippen LogP contribution in [0, 0.1) is 0 Å². The number of rotatable bonds is 7. The molecule has 0 amide bonds. The fourth-order valence-electron chi connectivity index (χ4n) is 2.29. The molecule has 0 bridgehead atoms. The highest BCUT2D eigenvalue weighted by Gasteiger charge is 2.12. The molecule has 0 unspecified atom stereocenters. The molecule has 0 radical (unpaired) electrons. The maximum atomic E-state index is 12.0. The summed E-state index contributed by atoms with van der Waals surface area (Å²) in [6.45, 7) is 1.60. The van der Waals surface area contributed by atoms with Crippen molar-refractivity contribution in [2.24, 2.45) is 0 Å². The second-order valence-corrected chi connectivity index (χ2v) is 4.80. The van der Waals surface area contributed by atoms with E-state index in [1.807, 2.05) is 0 Å². The Morgan fingerprint density at radius 3 is 2.56 bits per heavy atom. The van der Waals surface area contributed by atoms with Gasteiger partial charge >= 0.3 is 0 Å². The van der Waals surface area contributed by atoms with Gasteiger partial charge in [-0.1, -0.05) is 19.3 Å². The molecule has 1 rings (SSSR count). The van der Waals surface area contributed by atoms with Crippen LogP contribution in [0.5, 0.6) is 0 Å². The lowest BCUT2D eigenvalue weighted by molar-refractivity contribution is 0.0997. The van der Waals surface area contributed by atoms with E-state index < -0.39 is 6.43 Å². The Balaban J connectivity index is 1.94. The van der Waals surface area contributed by atoms with Gasteiger partial charge in [-0.25, -0.2) is 8.78 Å². The molecule has 0 spiro atoms. The van der Waals surface area contributed by atoms with Crippen molar-refractivity contribution in [3.05, 3.63) is 0 Å². The number of alkyl halides is 2. The third kappa shape index (κ3) is 6.38. The minimum absolute atomic E-state index is 0.108. The zero-order chi connectivity index (χ0) is 11.8. The standard InChI is InChI=1S/C12H24F2N2/c1-16(10-12(13)14)9-5-8-15-11-6-3-2-4-7-11/h11-12,15H,2-10H2,1H3.